The number of nitrogens with one attached hydrogen (secondary N) is 1. The van der Waals surface area contributed by atoms with Gasteiger partial charge in [-0.2, -0.15) is 5.26 Å². The van der Waals surface area contributed by atoms with Gasteiger partial charge in [0.05, 0.1) is 17.1 Å². The lowest BCUT2D eigenvalue weighted by molar-refractivity contribution is -0.113. The van der Waals surface area contributed by atoms with Crippen LogP contribution in [0.4, 0.5) is 11.4 Å². The Bertz CT molecular complexity index is 452. The number of hydrogen-bond acceptors (Lipinski definition) is 4. The molecule has 0 saturated heterocycles. The van der Waals surface area contributed by atoms with Crippen LogP contribution in [0.5, 0.6) is 0 Å². The second-order valence-corrected chi connectivity index (χ2v) is 4.19. The third kappa shape index (κ3) is 1.90. The number of amides is 1. The number of nitriles is 1. The number of nitrogens with zero attached hydrogens (tertiary/aromatic N) is 2. The summed E-state index contributed by atoms with van der Waals surface area (Å²) in [4.78, 5) is 13.7. The molecule has 1 amide bonds. The van der Waals surface area contributed by atoms with E-state index in [1.807, 2.05) is 24.4 Å². The quantitative estimate of drug-likeness (QED) is 0.576. The van der Waals surface area contributed by atoms with Crippen LogP contribution in [-0.4, -0.2) is 18.7 Å². The Morgan fingerprint density at radius 3 is 3.13 bits per heavy atom. The molecule has 2 rings (SSSR count). The van der Waals surface area contributed by atoms with Crippen LogP contribution < -0.4 is 10.2 Å². The summed E-state index contributed by atoms with van der Waals surface area (Å²) in [5, 5.41) is 11.5. The van der Waals surface area contributed by atoms with Crippen LogP contribution in [0.3, 0.4) is 0 Å². The summed E-state index contributed by atoms with van der Waals surface area (Å²) in [7, 11) is 1.68. The van der Waals surface area contributed by atoms with Crippen molar-refractivity contribution in [1.29, 1.82) is 5.26 Å². The van der Waals surface area contributed by atoms with Gasteiger partial charge in [-0.3, -0.25) is 9.69 Å². The van der Waals surface area contributed by atoms with Gasteiger partial charge in [-0.05, 0) is 18.2 Å². The molecule has 1 aliphatic heterocycles. The number of rotatable bonds is 1. The van der Waals surface area contributed by atoms with Crippen LogP contribution in [0.25, 0.3) is 0 Å². The fraction of sp³-hybridized carbons (Fsp3) is 0.200. The average molecular weight is 219 g/mol. The SMILES string of the molecule is CN(C#N)c1ccc2c(c1)NC(=O)CS2. The first-order valence-electron chi connectivity index (χ1n) is 4.41. The van der Waals surface area contributed by atoms with E-state index >= 15 is 0 Å². The number of thioether (sulfide) groups is 1. The van der Waals surface area contributed by atoms with Crippen LogP contribution in [-0.2, 0) is 4.79 Å². The Labute approximate surface area is 91.9 Å². The molecule has 0 unspecified atom stereocenters. The lowest BCUT2D eigenvalue weighted by Gasteiger charge is -2.18. The van der Waals surface area contributed by atoms with Crippen molar-refractivity contribution in [3.05, 3.63) is 18.2 Å². The van der Waals surface area contributed by atoms with Gasteiger partial charge in [0.15, 0.2) is 6.19 Å². The number of hydrogen-bond donors (Lipinski definition) is 1. The predicted molar refractivity (Wildman–Crippen MR) is 59.8 cm³/mol. The number of anilines is 2. The monoisotopic (exact) mass is 219 g/mol. The number of benzene rings is 1. The second kappa shape index (κ2) is 3.83. The fourth-order valence-corrected chi connectivity index (χ4v) is 2.13. The van der Waals surface area contributed by atoms with E-state index in [4.69, 9.17) is 5.26 Å². The van der Waals surface area contributed by atoms with Crippen molar-refractivity contribution in [2.45, 2.75) is 4.90 Å². The van der Waals surface area contributed by atoms with Gasteiger partial charge in [-0.25, -0.2) is 0 Å². The van der Waals surface area contributed by atoms with Crippen molar-refractivity contribution in [2.75, 3.05) is 23.0 Å². The van der Waals surface area contributed by atoms with Gasteiger partial charge in [-0.15, -0.1) is 11.8 Å². The Morgan fingerprint density at radius 2 is 2.40 bits per heavy atom. The predicted octanol–water partition coefficient (Wildman–Crippen LogP) is 1.65. The fourth-order valence-electron chi connectivity index (χ4n) is 1.34. The zero-order valence-corrected chi connectivity index (χ0v) is 8.97. The molecule has 0 aromatic heterocycles. The lowest BCUT2D eigenvalue weighted by Crippen LogP contribution is -2.19. The molecule has 0 fully saturated rings. The maximum Gasteiger partial charge on any atom is 0.234 e. The van der Waals surface area contributed by atoms with Gasteiger partial charge in [0, 0.05) is 11.9 Å². The summed E-state index contributed by atoms with van der Waals surface area (Å²) in [6, 6.07) is 5.59. The number of carbonyl (C=O) groups excluding carboxylic acids is 1. The third-order valence-electron chi connectivity index (χ3n) is 2.13. The molecule has 0 bridgehead atoms. The summed E-state index contributed by atoms with van der Waals surface area (Å²) in [6.45, 7) is 0. The maximum absolute atomic E-state index is 11.2. The summed E-state index contributed by atoms with van der Waals surface area (Å²) in [6.07, 6.45) is 2.01. The highest BCUT2D eigenvalue weighted by Gasteiger charge is 2.15. The standard InChI is InChI=1S/C10H9N3OS/c1-13(6-11)7-2-3-9-8(4-7)12-10(14)5-15-9/h2-4H,5H2,1H3,(H,12,14). The zero-order chi connectivity index (χ0) is 10.8. The molecule has 0 spiro atoms. The van der Waals surface area contributed by atoms with Crippen LogP contribution in [0, 0.1) is 11.5 Å². The normalized spacial score (nSPS) is 13.7. The minimum absolute atomic E-state index is 0.00395. The molecular formula is C10H9N3OS. The molecule has 5 heteroatoms. The molecular weight excluding hydrogens is 210 g/mol. The van der Waals surface area contributed by atoms with E-state index in [9.17, 15) is 4.79 Å². The van der Waals surface area contributed by atoms with Gasteiger partial charge in [0.2, 0.25) is 5.91 Å². The second-order valence-electron chi connectivity index (χ2n) is 3.18. The largest absolute Gasteiger partial charge is 0.324 e. The summed E-state index contributed by atoms with van der Waals surface area (Å²) < 4.78 is 0. The molecule has 1 aliphatic rings. The van der Waals surface area contributed by atoms with Gasteiger partial charge in [-0.1, -0.05) is 0 Å². The first-order valence-corrected chi connectivity index (χ1v) is 5.39. The first kappa shape index (κ1) is 9.87. The smallest absolute Gasteiger partial charge is 0.234 e. The van der Waals surface area contributed by atoms with Gasteiger partial charge in [0.1, 0.15) is 0 Å². The van der Waals surface area contributed by atoms with Crippen molar-refractivity contribution in [1.82, 2.24) is 0 Å². The van der Waals surface area contributed by atoms with E-state index in [-0.39, 0.29) is 5.91 Å². The molecule has 4 nitrogen and oxygen atoms in total. The molecule has 0 saturated carbocycles. The molecule has 15 heavy (non-hydrogen) atoms. The molecule has 0 aliphatic carbocycles. The Balaban J connectivity index is 2.37. The summed E-state index contributed by atoms with van der Waals surface area (Å²) in [5.74, 6) is 0.463. The van der Waals surface area contributed by atoms with Crippen molar-refractivity contribution in [3.8, 4) is 6.19 Å². The summed E-state index contributed by atoms with van der Waals surface area (Å²) in [5.41, 5.74) is 1.56. The van der Waals surface area contributed by atoms with Crippen molar-refractivity contribution in [2.24, 2.45) is 0 Å². The Hall–Kier alpha value is -1.67. The molecule has 1 heterocycles. The van der Waals surface area contributed by atoms with Crippen molar-refractivity contribution in [3.63, 3.8) is 0 Å². The van der Waals surface area contributed by atoms with E-state index in [1.54, 1.807) is 7.05 Å². The van der Waals surface area contributed by atoms with Crippen molar-refractivity contribution < 1.29 is 4.79 Å². The minimum Gasteiger partial charge on any atom is -0.324 e. The van der Waals surface area contributed by atoms with Gasteiger partial charge >= 0.3 is 0 Å². The highest BCUT2D eigenvalue weighted by Crippen LogP contribution is 2.33. The minimum atomic E-state index is 0.00395. The lowest BCUT2D eigenvalue weighted by atomic mass is 10.2. The molecule has 0 atom stereocenters. The highest BCUT2D eigenvalue weighted by atomic mass is 32.2. The van der Waals surface area contributed by atoms with E-state index in [0.29, 0.717) is 5.75 Å². The van der Waals surface area contributed by atoms with Crippen molar-refractivity contribution >= 4 is 29.0 Å². The van der Waals surface area contributed by atoms with Crippen LogP contribution in [0.15, 0.2) is 23.1 Å². The average Bonchev–Trinajstić information content (AvgIpc) is 2.27. The van der Waals surface area contributed by atoms with E-state index in [2.05, 4.69) is 5.32 Å². The van der Waals surface area contributed by atoms with E-state index < -0.39 is 0 Å². The van der Waals surface area contributed by atoms with Gasteiger partial charge < -0.3 is 5.32 Å². The molecule has 76 valence electrons. The summed E-state index contributed by atoms with van der Waals surface area (Å²) >= 11 is 1.51. The van der Waals surface area contributed by atoms with E-state index in [1.165, 1.54) is 16.7 Å². The Kier molecular flexibility index (Phi) is 2.52. The molecule has 1 aromatic carbocycles. The highest BCUT2D eigenvalue weighted by molar-refractivity contribution is 8.00. The number of fused-ring (bicyclic) bond motifs is 1. The molecule has 0 radical (unpaired) electrons. The zero-order valence-electron chi connectivity index (χ0n) is 8.15. The maximum atomic E-state index is 11.2. The topological polar surface area (TPSA) is 56.1 Å². The first-order chi connectivity index (χ1) is 7.20. The van der Waals surface area contributed by atoms with Crippen LogP contribution >= 0.6 is 11.8 Å². The van der Waals surface area contributed by atoms with E-state index in [0.717, 1.165) is 16.3 Å². The Morgan fingerprint density at radius 1 is 1.60 bits per heavy atom. The molecule has 1 N–H and O–H groups in total. The number of carbonyl (C=O) groups is 1. The van der Waals surface area contributed by atoms with Crippen LogP contribution in [0.1, 0.15) is 0 Å². The van der Waals surface area contributed by atoms with Crippen LogP contribution in [0.2, 0.25) is 0 Å². The molecule has 1 aromatic rings. The third-order valence-corrected chi connectivity index (χ3v) is 3.21. The van der Waals surface area contributed by atoms with Gasteiger partial charge in [0.25, 0.3) is 0 Å².